The molecule has 1 amide bonds. The maximum Gasteiger partial charge on any atom is 0.253 e. The highest BCUT2D eigenvalue weighted by molar-refractivity contribution is 5.98. The highest BCUT2D eigenvalue weighted by atomic mass is 16.2. The van der Waals surface area contributed by atoms with E-state index in [0.29, 0.717) is 5.92 Å². The van der Waals surface area contributed by atoms with Gasteiger partial charge in [0.25, 0.3) is 5.91 Å². The summed E-state index contributed by atoms with van der Waals surface area (Å²) in [7, 11) is 0. The van der Waals surface area contributed by atoms with Gasteiger partial charge in [-0.3, -0.25) is 9.89 Å². The van der Waals surface area contributed by atoms with E-state index < -0.39 is 0 Å². The van der Waals surface area contributed by atoms with Gasteiger partial charge in [0.05, 0.1) is 6.20 Å². The molecule has 1 saturated heterocycles. The standard InChI is InChI=1S/C24H24N4O/c1-16-4-2-3-5-20(16)21-15-26-27-23(21)18-9-12-28(13-10-18)24(29)19-7-6-17-8-11-25-22(17)14-19/h2-8,11,14-15,18,25H,9-10,12-13H2,1H3,(H,26,27). The van der Waals surface area contributed by atoms with E-state index in [-0.39, 0.29) is 5.91 Å². The van der Waals surface area contributed by atoms with Crippen LogP contribution in [0.15, 0.2) is 60.9 Å². The fraction of sp³-hybridized carbons (Fsp3) is 0.250. The normalized spacial score (nSPS) is 15.1. The molecule has 1 aliphatic rings. The Kier molecular flexibility index (Phi) is 4.43. The van der Waals surface area contributed by atoms with Crippen LogP contribution in [-0.2, 0) is 0 Å². The summed E-state index contributed by atoms with van der Waals surface area (Å²) in [6.45, 7) is 3.66. The molecule has 1 fully saturated rings. The summed E-state index contributed by atoms with van der Waals surface area (Å²) >= 11 is 0. The van der Waals surface area contributed by atoms with Gasteiger partial charge in [-0.2, -0.15) is 5.10 Å². The number of hydrogen-bond acceptors (Lipinski definition) is 2. The molecule has 29 heavy (non-hydrogen) atoms. The SMILES string of the molecule is Cc1ccccc1-c1cn[nH]c1C1CCN(C(=O)c2ccc3cc[nH]c3c2)CC1. The number of piperidine rings is 1. The van der Waals surface area contributed by atoms with Crippen LogP contribution in [-0.4, -0.2) is 39.1 Å². The Morgan fingerprint density at radius 3 is 2.72 bits per heavy atom. The van der Waals surface area contributed by atoms with Gasteiger partial charge >= 0.3 is 0 Å². The van der Waals surface area contributed by atoms with Crippen molar-refractivity contribution < 1.29 is 4.79 Å². The molecule has 146 valence electrons. The van der Waals surface area contributed by atoms with Crippen molar-refractivity contribution in [2.75, 3.05) is 13.1 Å². The van der Waals surface area contributed by atoms with Crippen molar-refractivity contribution in [3.05, 3.63) is 77.7 Å². The molecule has 5 rings (SSSR count). The van der Waals surface area contributed by atoms with E-state index in [4.69, 9.17) is 0 Å². The van der Waals surface area contributed by atoms with Crippen molar-refractivity contribution in [3.63, 3.8) is 0 Å². The molecular formula is C24H24N4O. The largest absolute Gasteiger partial charge is 0.361 e. The van der Waals surface area contributed by atoms with Crippen molar-refractivity contribution in [3.8, 4) is 11.1 Å². The molecule has 0 bridgehead atoms. The summed E-state index contributed by atoms with van der Waals surface area (Å²) in [5, 5.41) is 8.70. The minimum Gasteiger partial charge on any atom is -0.361 e. The zero-order chi connectivity index (χ0) is 19.8. The van der Waals surface area contributed by atoms with Crippen LogP contribution in [0.25, 0.3) is 22.0 Å². The van der Waals surface area contributed by atoms with Crippen LogP contribution in [0.5, 0.6) is 0 Å². The van der Waals surface area contributed by atoms with E-state index >= 15 is 0 Å². The molecule has 0 saturated carbocycles. The lowest BCUT2D eigenvalue weighted by molar-refractivity contribution is 0.0712. The first-order valence-electron chi connectivity index (χ1n) is 10.2. The van der Waals surface area contributed by atoms with Crippen LogP contribution < -0.4 is 0 Å². The number of aryl methyl sites for hydroxylation is 1. The lowest BCUT2D eigenvalue weighted by Gasteiger charge is -2.32. The van der Waals surface area contributed by atoms with E-state index in [1.807, 2.05) is 41.6 Å². The van der Waals surface area contributed by atoms with Crippen molar-refractivity contribution >= 4 is 16.8 Å². The number of amides is 1. The fourth-order valence-corrected chi connectivity index (χ4v) is 4.43. The van der Waals surface area contributed by atoms with Crippen LogP contribution in [0, 0.1) is 6.92 Å². The van der Waals surface area contributed by atoms with E-state index in [1.54, 1.807) is 0 Å². The second-order valence-electron chi connectivity index (χ2n) is 7.86. The molecule has 5 nitrogen and oxygen atoms in total. The zero-order valence-electron chi connectivity index (χ0n) is 16.5. The Labute approximate surface area is 169 Å². The number of carbonyl (C=O) groups is 1. The predicted molar refractivity (Wildman–Crippen MR) is 115 cm³/mol. The Morgan fingerprint density at radius 2 is 1.90 bits per heavy atom. The minimum atomic E-state index is 0.115. The molecule has 5 heteroatoms. The van der Waals surface area contributed by atoms with Gasteiger partial charge in [-0.05, 0) is 54.5 Å². The van der Waals surface area contributed by atoms with Crippen LogP contribution in [0.3, 0.4) is 0 Å². The zero-order valence-corrected chi connectivity index (χ0v) is 16.5. The Bertz CT molecular complexity index is 1160. The molecule has 0 atom stereocenters. The topological polar surface area (TPSA) is 64.8 Å². The molecule has 3 heterocycles. The smallest absolute Gasteiger partial charge is 0.253 e. The molecule has 4 aromatic rings. The summed E-state index contributed by atoms with van der Waals surface area (Å²) in [5.41, 5.74) is 6.62. The minimum absolute atomic E-state index is 0.115. The highest BCUT2D eigenvalue weighted by Gasteiger charge is 2.27. The number of H-pyrrole nitrogens is 2. The molecule has 1 aliphatic heterocycles. The highest BCUT2D eigenvalue weighted by Crippen LogP contribution is 2.35. The first kappa shape index (κ1) is 17.7. The van der Waals surface area contributed by atoms with E-state index in [9.17, 15) is 4.79 Å². The van der Waals surface area contributed by atoms with Crippen molar-refractivity contribution in [1.82, 2.24) is 20.1 Å². The molecule has 0 spiro atoms. The maximum atomic E-state index is 13.0. The molecule has 0 radical (unpaired) electrons. The third-order valence-electron chi connectivity index (χ3n) is 6.10. The number of likely N-dealkylation sites (tertiary alicyclic amines) is 1. The van der Waals surface area contributed by atoms with Crippen molar-refractivity contribution in [2.24, 2.45) is 0 Å². The quantitative estimate of drug-likeness (QED) is 0.528. The van der Waals surface area contributed by atoms with Gasteiger partial charge in [-0.25, -0.2) is 0 Å². The van der Waals surface area contributed by atoms with Crippen molar-refractivity contribution in [2.45, 2.75) is 25.7 Å². The van der Waals surface area contributed by atoms with Gasteiger partial charge in [0, 0.05) is 47.5 Å². The Hall–Kier alpha value is -3.34. The van der Waals surface area contributed by atoms with E-state index in [1.165, 1.54) is 22.4 Å². The second-order valence-corrected chi connectivity index (χ2v) is 7.86. The number of nitrogens with one attached hydrogen (secondary N) is 2. The summed E-state index contributed by atoms with van der Waals surface area (Å²) in [6, 6.07) is 16.3. The van der Waals surface area contributed by atoms with Gasteiger partial charge in [0.2, 0.25) is 0 Å². The van der Waals surface area contributed by atoms with Gasteiger partial charge in [0.1, 0.15) is 0 Å². The Morgan fingerprint density at radius 1 is 1.07 bits per heavy atom. The van der Waals surface area contributed by atoms with Crippen LogP contribution in [0.4, 0.5) is 0 Å². The number of rotatable bonds is 3. The van der Waals surface area contributed by atoms with Gasteiger partial charge in [-0.15, -0.1) is 0 Å². The average molecular weight is 384 g/mol. The van der Waals surface area contributed by atoms with Crippen LogP contribution >= 0.6 is 0 Å². The summed E-state index contributed by atoms with van der Waals surface area (Å²) in [6.07, 6.45) is 5.72. The third kappa shape index (κ3) is 3.23. The number of carbonyl (C=O) groups excluding carboxylic acids is 1. The first-order chi connectivity index (χ1) is 14.2. The summed E-state index contributed by atoms with van der Waals surface area (Å²) < 4.78 is 0. The number of nitrogens with zero attached hydrogens (tertiary/aromatic N) is 2. The molecule has 2 N–H and O–H groups in total. The van der Waals surface area contributed by atoms with Crippen LogP contribution in [0.1, 0.15) is 40.4 Å². The molecule has 2 aromatic heterocycles. The molecule has 0 aliphatic carbocycles. The lowest BCUT2D eigenvalue weighted by atomic mass is 9.88. The fourth-order valence-electron chi connectivity index (χ4n) is 4.43. The average Bonchev–Trinajstić information content (AvgIpc) is 3.42. The molecule has 0 unspecified atom stereocenters. The second kappa shape index (κ2) is 7.24. The van der Waals surface area contributed by atoms with Crippen molar-refractivity contribution in [1.29, 1.82) is 0 Å². The summed E-state index contributed by atoms with van der Waals surface area (Å²) in [4.78, 5) is 18.1. The Balaban J connectivity index is 1.32. The number of benzene rings is 2. The first-order valence-corrected chi connectivity index (χ1v) is 10.2. The van der Waals surface area contributed by atoms with Gasteiger partial charge < -0.3 is 9.88 Å². The summed E-state index contributed by atoms with van der Waals surface area (Å²) in [5.74, 6) is 0.505. The number of aromatic nitrogens is 3. The molecule has 2 aromatic carbocycles. The van der Waals surface area contributed by atoms with E-state index in [2.05, 4.69) is 46.4 Å². The number of hydrogen-bond donors (Lipinski definition) is 2. The number of fused-ring (bicyclic) bond motifs is 1. The maximum absolute atomic E-state index is 13.0. The predicted octanol–water partition coefficient (Wildman–Crippen LogP) is 4.89. The van der Waals surface area contributed by atoms with E-state index in [0.717, 1.165) is 42.4 Å². The van der Waals surface area contributed by atoms with Gasteiger partial charge in [0.15, 0.2) is 0 Å². The monoisotopic (exact) mass is 384 g/mol. The van der Waals surface area contributed by atoms with Crippen LogP contribution in [0.2, 0.25) is 0 Å². The third-order valence-corrected chi connectivity index (χ3v) is 6.10. The van der Waals surface area contributed by atoms with Gasteiger partial charge in [-0.1, -0.05) is 30.3 Å². The lowest BCUT2D eigenvalue weighted by Crippen LogP contribution is -2.38. The molecular weight excluding hydrogens is 360 g/mol. The number of aromatic amines is 2.